The van der Waals surface area contributed by atoms with Crippen LogP contribution in [0.1, 0.15) is 0 Å². The highest BCUT2D eigenvalue weighted by Gasteiger charge is 2.18. The number of hydrogen-bond acceptors (Lipinski definition) is 2. The summed E-state index contributed by atoms with van der Waals surface area (Å²) in [7, 11) is 0. The molecule has 0 saturated heterocycles. The maximum atomic E-state index is 4.90. The number of benzene rings is 9. The highest BCUT2D eigenvalue weighted by molar-refractivity contribution is 6.26. The first kappa shape index (κ1) is 30.9. The van der Waals surface area contributed by atoms with Crippen LogP contribution in [0.15, 0.2) is 194 Å². The van der Waals surface area contributed by atoms with E-state index in [0.29, 0.717) is 0 Å². The molecule has 4 heteroatoms. The Morgan fingerprint density at radius 2 is 0.750 bits per heavy atom. The second kappa shape index (κ2) is 12.0. The van der Waals surface area contributed by atoms with Gasteiger partial charge in [0.1, 0.15) is 6.33 Å². The third-order valence-electron chi connectivity index (χ3n) is 11.6. The average Bonchev–Trinajstić information content (AvgIpc) is 3.79. The molecular weight excluding hydrogens is 681 g/mol. The van der Waals surface area contributed by atoms with Crippen LogP contribution in [0.3, 0.4) is 0 Å². The summed E-state index contributed by atoms with van der Waals surface area (Å²) in [4.78, 5) is 9.72. The minimum atomic E-state index is 0.944. The van der Waals surface area contributed by atoms with Gasteiger partial charge in [-0.3, -0.25) is 0 Å². The topological polar surface area (TPSA) is 35.6 Å². The SMILES string of the molecule is c1ccc(-n2c3ccccc3c3cc(-c4ccc5c(c4)c4ccccc4n5-c4ccc(-c5ncnc6c7ccccc7c7ccccc7c56)cc4)ccc32)cc1. The number of nitrogens with zero attached hydrogens (tertiary/aromatic N) is 4. The van der Waals surface area contributed by atoms with Gasteiger partial charge in [0, 0.05) is 49.3 Å². The molecule has 0 aliphatic carbocycles. The van der Waals surface area contributed by atoms with Crippen molar-refractivity contribution in [3.8, 4) is 33.8 Å². The zero-order valence-electron chi connectivity index (χ0n) is 30.3. The first-order valence-corrected chi connectivity index (χ1v) is 19.1. The van der Waals surface area contributed by atoms with E-state index in [2.05, 4.69) is 197 Å². The molecule has 9 aromatic carbocycles. The number of fused-ring (bicyclic) bond motifs is 12. The van der Waals surface area contributed by atoms with Crippen molar-refractivity contribution in [3.63, 3.8) is 0 Å². The van der Waals surface area contributed by atoms with Gasteiger partial charge in [-0.05, 0) is 87.9 Å². The van der Waals surface area contributed by atoms with Crippen LogP contribution in [0.4, 0.5) is 0 Å². The van der Waals surface area contributed by atoms with Crippen molar-refractivity contribution >= 4 is 76.1 Å². The van der Waals surface area contributed by atoms with Gasteiger partial charge >= 0.3 is 0 Å². The quantitative estimate of drug-likeness (QED) is 0.170. The molecule has 12 rings (SSSR count). The van der Waals surface area contributed by atoms with Crippen molar-refractivity contribution in [3.05, 3.63) is 194 Å². The van der Waals surface area contributed by atoms with Crippen molar-refractivity contribution < 1.29 is 0 Å². The molecule has 56 heavy (non-hydrogen) atoms. The molecule has 0 radical (unpaired) electrons. The van der Waals surface area contributed by atoms with Crippen LogP contribution in [-0.4, -0.2) is 19.1 Å². The Kier molecular flexibility index (Phi) is 6.60. The van der Waals surface area contributed by atoms with Gasteiger partial charge in [0.05, 0.1) is 33.3 Å². The zero-order valence-corrected chi connectivity index (χ0v) is 30.3. The molecule has 3 aromatic heterocycles. The lowest BCUT2D eigenvalue weighted by atomic mass is 9.94. The molecule has 0 aliphatic rings. The van der Waals surface area contributed by atoms with Gasteiger partial charge in [-0.15, -0.1) is 0 Å². The molecule has 0 atom stereocenters. The molecule has 0 saturated carbocycles. The van der Waals surface area contributed by atoms with Crippen molar-refractivity contribution in [1.82, 2.24) is 19.1 Å². The summed E-state index contributed by atoms with van der Waals surface area (Å²) in [5.74, 6) is 0. The fourth-order valence-corrected chi connectivity index (χ4v) is 9.13. The molecule has 0 amide bonds. The highest BCUT2D eigenvalue weighted by Crippen LogP contribution is 2.40. The van der Waals surface area contributed by atoms with E-state index in [9.17, 15) is 0 Å². The number of hydrogen-bond donors (Lipinski definition) is 0. The molecule has 0 N–H and O–H groups in total. The van der Waals surface area contributed by atoms with E-state index in [4.69, 9.17) is 9.97 Å². The third-order valence-corrected chi connectivity index (χ3v) is 11.6. The summed E-state index contributed by atoms with van der Waals surface area (Å²) in [6.07, 6.45) is 1.70. The Labute approximate surface area is 322 Å². The number of rotatable bonds is 4. The Balaban J connectivity index is 0.992. The first-order valence-electron chi connectivity index (χ1n) is 19.1. The maximum Gasteiger partial charge on any atom is 0.116 e. The summed E-state index contributed by atoms with van der Waals surface area (Å²) in [5.41, 5.74) is 12.4. The van der Waals surface area contributed by atoms with Gasteiger partial charge < -0.3 is 9.13 Å². The van der Waals surface area contributed by atoms with E-state index in [1.165, 1.54) is 76.6 Å². The van der Waals surface area contributed by atoms with Crippen LogP contribution in [0, 0.1) is 0 Å². The standard InChI is InChI=1S/C52H32N4/c1-2-12-36(13-3-1)55-46-20-10-8-16-40(46)44-30-34(24-28-48(44)55)35-25-29-49-45(31-35)41-17-9-11-21-47(41)56(49)37-26-22-33(23-27-37)51-50-42-18-6-4-14-38(42)39-15-5-7-19-43(39)52(50)54-32-53-51/h1-32H. The number of para-hydroxylation sites is 3. The molecule has 0 spiro atoms. The minimum absolute atomic E-state index is 0.944. The number of aromatic nitrogens is 4. The predicted molar refractivity (Wildman–Crippen MR) is 234 cm³/mol. The molecule has 260 valence electrons. The van der Waals surface area contributed by atoms with Crippen LogP contribution in [0.2, 0.25) is 0 Å². The fourth-order valence-electron chi connectivity index (χ4n) is 9.13. The molecule has 0 fully saturated rings. The van der Waals surface area contributed by atoms with Gasteiger partial charge in [0.25, 0.3) is 0 Å². The second-order valence-corrected chi connectivity index (χ2v) is 14.6. The molecule has 0 unspecified atom stereocenters. The maximum absolute atomic E-state index is 4.90. The Morgan fingerprint density at radius 1 is 0.304 bits per heavy atom. The smallest absolute Gasteiger partial charge is 0.116 e. The van der Waals surface area contributed by atoms with Crippen molar-refractivity contribution in [2.24, 2.45) is 0 Å². The van der Waals surface area contributed by atoms with Gasteiger partial charge in [-0.1, -0.05) is 127 Å². The highest BCUT2D eigenvalue weighted by atomic mass is 15.0. The Morgan fingerprint density at radius 3 is 1.36 bits per heavy atom. The van der Waals surface area contributed by atoms with E-state index in [0.717, 1.165) is 33.2 Å². The van der Waals surface area contributed by atoms with E-state index in [-0.39, 0.29) is 0 Å². The van der Waals surface area contributed by atoms with E-state index in [1.54, 1.807) is 6.33 Å². The van der Waals surface area contributed by atoms with Crippen LogP contribution < -0.4 is 0 Å². The summed E-state index contributed by atoms with van der Waals surface area (Å²) in [6, 6.07) is 67.9. The molecule has 0 bridgehead atoms. The molecular formula is C52H32N4. The lowest BCUT2D eigenvalue weighted by Crippen LogP contribution is -1.95. The minimum Gasteiger partial charge on any atom is -0.309 e. The zero-order chi connectivity index (χ0) is 36.7. The summed E-state index contributed by atoms with van der Waals surface area (Å²) in [5, 5.41) is 10.8. The van der Waals surface area contributed by atoms with E-state index in [1.807, 2.05) is 0 Å². The lowest BCUT2D eigenvalue weighted by molar-refractivity contribution is 1.18. The summed E-state index contributed by atoms with van der Waals surface area (Å²) in [6.45, 7) is 0. The van der Waals surface area contributed by atoms with Gasteiger partial charge in [0.15, 0.2) is 0 Å². The van der Waals surface area contributed by atoms with Crippen molar-refractivity contribution in [2.75, 3.05) is 0 Å². The van der Waals surface area contributed by atoms with E-state index >= 15 is 0 Å². The van der Waals surface area contributed by atoms with Crippen molar-refractivity contribution in [2.45, 2.75) is 0 Å². The van der Waals surface area contributed by atoms with Gasteiger partial charge in [-0.25, -0.2) is 9.97 Å². The monoisotopic (exact) mass is 712 g/mol. The van der Waals surface area contributed by atoms with Crippen LogP contribution in [0.25, 0.3) is 110 Å². The second-order valence-electron chi connectivity index (χ2n) is 14.6. The Bertz CT molecular complexity index is 3470. The van der Waals surface area contributed by atoms with E-state index < -0.39 is 0 Å². The molecule has 4 nitrogen and oxygen atoms in total. The Hall–Kier alpha value is -7.56. The fraction of sp³-hybridized carbons (Fsp3) is 0. The van der Waals surface area contributed by atoms with Crippen LogP contribution in [0.5, 0.6) is 0 Å². The summed E-state index contributed by atoms with van der Waals surface area (Å²) < 4.78 is 4.75. The molecule has 0 aliphatic heterocycles. The van der Waals surface area contributed by atoms with Crippen molar-refractivity contribution in [1.29, 1.82) is 0 Å². The molecule has 12 aromatic rings. The predicted octanol–water partition coefficient (Wildman–Crippen LogP) is 13.5. The first-order chi connectivity index (χ1) is 27.8. The summed E-state index contributed by atoms with van der Waals surface area (Å²) >= 11 is 0. The van der Waals surface area contributed by atoms with Gasteiger partial charge in [-0.2, -0.15) is 0 Å². The normalized spacial score (nSPS) is 11.9. The van der Waals surface area contributed by atoms with Gasteiger partial charge in [0.2, 0.25) is 0 Å². The average molecular weight is 713 g/mol. The molecule has 3 heterocycles. The lowest BCUT2D eigenvalue weighted by Gasteiger charge is -2.13. The largest absolute Gasteiger partial charge is 0.309 e. The van der Waals surface area contributed by atoms with Crippen LogP contribution >= 0.6 is 0 Å². The third kappa shape index (κ3) is 4.47. The van der Waals surface area contributed by atoms with Crippen LogP contribution in [-0.2, 0) is 0 Å².